The molecule has 1 aromatic rings. The fourth-order valence-corrected chi connectivity index (χ4v) is 11.1. The van der Waals surface area contributed by atoms with Gasteiger partial charge in [-0.1, -0.05) is 87.3 Å². The van der Waals surface area contributed by atoms with Gasteiger partial charge in [0.25, 0.3) is 0 Å². The van der Waals surface area contributed by atoms with Crippen LogP contribution in [0.15, 0.2) is 40.4 Å². The first kappa shape index (κ1) is 27.3. The van der Waals surface area contributed by atoms with Gasteiger partial charge in [0.1, 0.15) is 24.4 Å². The number of ether oxygens (including phenoxy) is 2. The Kier molecular flexibility index (Phi) is 9.37. The first-order valence-corrected chi connectivity index (χ1v) is 14.7. The van der Waals surface area contributed by atoms with Gasteiger partial charge in [-0.15, -0.1) is 0 Å². The lowest BCUT2D eigenvalue weighted by Crippen LogP contribution is -2.49. The molecule has 0 radical (unpaired) electrons. The molecule has 180 valence electrons. The highest BCUT2D eigenvalue weighted by Gasteiger charge is 2.63. The molecule has 0 bridgehead atoms. The molecule has 0 unspecified atom stereocenters. The lowest BCUT2D eigenvalue weighted by molar-refractivity contribution is -0.142. The predicted octanol–water partition coefficient (Wildman–Crippen LogP) is 7.74. The van der Waals surface area contributed by atoms with Gasteiger partial charge < -0.3 is 13.9 Å². The third kappa shape index (κ3) is 5.94. The normalized spacial score (nSPS) is 21.7. The number of carbonyl (C=O) groups excluding carboxylic acids is 1. The minimum atomic E-state index is -2.20. The van der Waals surface area contributed by atoms with Crippen molar-refractivity contribution in [2.45, 2.75) is 103 Å². The summed E-state index contributed by atoms with van der Waals surface area (Å²) in [5.41, 5.74) is 3.10. The summed E-state index contributed by atoms with van der Waals surface area (Å²) in [4.78, 5) is 11.6. The monoisotopic (exact) mass is 524 g/mol. The van der Waals surface area contributed by atoms with Crippen molar-refractivity contribution in [1.29, 1.82) is 0 Å². The molecule has 4 nitrogen and oxygen atoms in total. The SMILES string of the molecule is CC(=O)OC[C@]1(CC=C(C)C)O[C@@H]1[C@@H](O[Si](C(C)C)(C(C)C)C(C)C)c1ccccc1Br. The molecule has 3 atom stereocenters. The highest BCUT2D eigenvalue weighted by atomic mass is 79.9. The Morgan fingerprint density at radius 1 is 1.09 bits per heavy atom. The number of esters is 1. The van der Waals surface area contributed by atoms with Crippen LogP contribution in [0.1, 0.15) is 80.4 Å². The van der Waals surface area contributed by atoms with E-state index in [4.69, 9.17) is 13.9 Å². The topological polar surface area (TPSA) is 48.1 Å². The third-order valence-corrected chi connectivity index (χ3v) is 13.5. The maximum Gasteiger partial charge on any atom is 0.302 e. The molecular formula is C26H41BrO4Si. The zero-order valence-electron chi connectivity index (χ0n) is 21.2. The van der Waals surface area contributed by atoms with Crippen LogP contribution >= 0.6 is 15.9 Å². The molecule has 1 saturated heterocycles. The average Bonchev–Trinajstić information content (AvgIpc) is 3.40. The van der Waals surface area contributed by atoms with E-state index >= 15 is 0 Å². The minimum Gasteiger partial charge on any atom is -0.463 e. The van der Waals surface area contributed by atoms with E-state index in [1.165, 1.54) is 12.5 Å². The number of hydrogen-bond donors (Lipinski definition) is 0. The van der Waals surface area contributed by atoms with E-state index in [1.807, 2.05) is 12.1 Å². The Morgan fingerprint density at radius 2 is 1.66 bits per heavy atom. The zero-order valence-corrected chi connectivity index (χ0v) is 23.8. The maximum atomic E-state index is 11.6. The van der Waals surface area contributed by atoms with Crippen LogP contribution < -0.4 is 0 Å². The van der Waals surface area contributed by atoms with Crippen molar-refractivity contribution in [3.8, 4) is 0 Å². The maximum absolute atomic E-state index is 11.6. The fraction of sp³-hybridized carbons (Fsp3) is 0.654. The Balaban J connectivity index is 2.54. The number of carbonyl (C=O) groups is 1. The number of allylic oxidation sites excluding steroid dienone is 1. The van der Waals surface area contributed by atoms with Crippen LogP contribution in [0.25, 0.3) is 0 Å². The molecule has 1 aliphatic heterocycles. The van der Waals surface area contributed by atoms with Crippen LogP contribution in [-0.2, 0) is 18.7 Å². The number of halogens is 1. The van der Waals surface area contributed by atoms with E-state index in [9.17, 15) is 4.79 Å². The first-order chi connectivity index (χ1) is 14.9. The molecule has 0 aromatic heterocycles. The Bertz CT molecular complexity index is 794. The van der Waals surface area contributed by atoms with Gasteiger partial charge in [0.15, 0.2) is 0 Å². The summed E-state index contributed by atoms with van der Waals surface area (Å²) in [5, 5.41) is 0. The first-order valence-electron chi connectivity index (χ1n) is 11.7. The molecule has 1 fully saturated rings. The summed E-state index contributed by atoms with van der Waals surface area (Å²) in [6, 6.07) is 8.24. The van der Waals surface area contributed by atoms with Crippen LogP contribution in [0.3, 0.4) is 0 Å². The molecule has 0 saturated carbocycles. The number of hydrogen-bond acceptors (Lipinski definition) is 4. The molecule has 0 spiro atoms. The van der Waals surface area contributed by atoms with Crippen molar-refractivity contribution in [3.63, 3.8) is 0 Å². The Hall–Kier alpha value is -0.953. The molecule has 0 amide bonds. The quantitative estimate of drug-likeness (QED) is 0.128. The van der Waals surface area contributed by atoms with Gasteiger partial charge >= 0.3 is 5.97 Å². The predicted molar refractivity (Wildman–Crippen MR) is 137 cm³/mol. The van der Waals surface area contributed by atoms with Crippen LogP contribution in [0.5, 0.6) is 0 Å². The highest BCUT2D eigenvalue weighted by Crippen LogP contribution is 2.54. The van der Waals surface area contributed by atoms with Gasteiger partial charge in [-0.25, -0.2) is 0 Å². The van der Waals surface area contributed by atoms with Crippen LogP contribution in [0.4, 0.5) is 0 Å². The number of rotatable bonds is 11. The second-order valence-electron chi connectivity index (χ2n) is 10.2. The van der Waals surface area contributed by atoms with Crippen molar-refractivity contribution in [3.05, 3.63) is 46.0 Å². The second kappa shape index (κ2) is 11.0. The molecule has 32 heavy (non-hydrogen) atoms. The molecule has 0 N–H and O–H groups in total. The average molecular weight is 526 g/mol. The fourth-order valence-electron chi connectivity index (χ4n) is 5.12. The number of epoxide rings is 1. The minimum absolute atomic E-state index is 0.181. The summed E-state index contributed by atoms with van der Waals surface area (Å²) in [6.45, 7) is 19.6. The molecule has 1 heterocycles. The standard InChI is InChI=1S/C26H41BrO4Si/c1-17(2)14-15-26(16-29-21(9)28)25(30-26)24(22-12-10-11-13-23(22)27)31-32(18(3)4,19(5)6)20(7)8/h10-14,18-20,24-25H,15-16H2,1-9H3/t24-,25+,26-/m0/s1. The summed E-state index contributed by atoms with van der Waals surface area (Å²) in [7, 11) is -2.20. The summed E-state index contributed by atoms with van der Waals surface area (Å²) in [5.74, 6) is -0.288. The Morgan fingerprint density at radius 3 is 2.12 bits per heavy atom. The van der Waals surface area contributed by atoms with E-state index in [1.54, 1.807) is 0 Å². The molecule has 0 aliphatic carbocycles. The van der Waals surface area contributed by atoms with Gasteiger partial charge in [0, 0.05) is 17.8 Å². The summed E-state index contributed by atoms with van der Waals surface area (Å²) >= 11 is 3.76. The van der Waals surface area contributed by atoms with Gasteiger partial charge in [-0.2, -0.15) is 0 Å². The van der Waals surface area contributed by atoms with Gasteiger partial charge in [0.05, 0.1) is 0 Å². The Labute approximate surface area is 204 Å². The highest BCUT2D eigenvalue weighted by molar-refractivity contribution is 9.10. The van der Waals surface area contributed by atoms with E-state index in [0.29, 0.717) is 23.0 Å². The van der Waals surface area contributed by atoms with Crippen molar-refractivity contribution < 1.29 is 18.7 Å². The van der Waals surface area contributed by atoms with E-state index in [0.717, 1.165) is 10.0 Å². The van der Waals surface area contributed by atoms with Crippen LogP contribution in [0.2, 0.25) is 16.6 Å². The van der Waals surface area contributed by atoms with Crippen molar-refractivity contribution in [1.82, 2.24) is 0 Å². The summed E-state index contributed by atoms with van der Waals surface area (Å²) in [6.07, 6.45) is 2.44. The second-order valence-corrected chi connectivity index (χ2v) is 16.5. The largest absolute Gasteiger partial charge is 0.463 e. The van der Waals surface area contributed by atoms with Gasteiger partial charge in [-0.3, -0.25) is 4.79 Å². The van der Waals surface area contributed by atoms with E-state index in [-0.39, 0.29) is 24.8 Å². The molecule has 1 aromatic carbocycles. The zero-order chi connectivity index (χ0) is 24.3. The lowest BCUT2D eigenvalue weighted by Gasteiger charge is -2.44. The van der Waals surface area contributed by atoms with Crippen LogP contribution in [-0.4, -0.2) is 32.6 Å². The van der Waals surface area contributed by atoms with Crippen molar-refractivity contribution in [2.75, 3.05) is 6.61 Å². The van der Waals surface area contributed by atoms with Crippen molar-refractivity contribution >= 4 is 30.2 Å². The van der Waals surface area contributed by atoms with Crippen LogP contribution in [0, 0.1) is 0 Å². The lowest BCUT2D eigenvalue weighted by atomic mass is 9.94. The smallest absolute Gasteiger partial charge is 0.302 e. The third-order valence-electron chi connectivity index (χ3n) is 6.72. The molecule has 2 rings (SSSR count). The van der Waals surface area contributed by atoms with Crippen molar-refractivity contribution in [2.24, 2.45) is 0 Å². The van der Waals surface area contributed by atoms with E-state index in [2.05, 4.69) is 89.5 Å². The van der Waals surface area contributed by atoms with E-state index < -0.39 is 13.9 Å². The van der Waals surface area contributed by atoms with Gasteiger partial charge in [0.2, 0.25) is 8.32 Å². The molecule has 1 aliphatic rings. The molecular weight excluding hydrogens is 484 g/mol. The van der Waals surface area contributed by atoms with Gasteiger partial charge in [-0.05, 0) is 42.1 Å². The number of benzene rings is 1. The summed E-state index contributed by atoms with van der Waals surface area (Å²) < 4.78 is 20.2. The molecule has 6 heteroatoms.